The van der Waals surface area contributed by atoms with E-state index in [1.165, 1.54) is 0 Å². The van der Waals surface area contributed by atoms with Crippen LogP contribution in [0.25, 0.3) is 0 Å². The maximum Gasteiger partial charge on any atom is 0.162 e. The Labute approximate surface area is 91.1 Å². The van der Waals surface area contributed by atoms with Crippen molar-refractivity contribution in [2.24, 2.45) is 0 Å². The van der Waals surface area contributed by atoms with Gasteiger partial charge in [0, 0.05) is 22.2 Å². The highest BCUT2D eigenvalue weighted by atomic mass is 127. The third kappa shape index (κ3) is 3.44. The molecule has 0 aliphatic carbocycles. The molecule has 2 nitrogen and oxygen atoms in total. The highest BCUT2D eigenvalue weighted by Crippen LogP contribution is 2.09. The van der Waals surface area contributed by atoms with E-state index in [0.717, 1.165) is 9.13 Å². The van der Waals surface area contributed by atoms with Gasteiger partial charge in [-0.2, -0.15) is 0 Å². The monoisotopic (exact) mass is 290 g/mol. The van der Waals surface area contributed by atoms with Crippen molar-refractivity contribution in [3.05, 3.63) is 33.4 Å². The third-order valence-electron chi connectivity index (χ3n) is 1.73. The van der Waals surface area contributed by atoms with E-state index in [1.54, 1.807) is 0 Å². The van der Waals surface area contributed by atoms with Crippen molar-refractivity contribution in [3.63, 3.8) is 0 Å². The van der Waals surface area contributed by atoms with Crippen LogP contribution in [0.3, 0.4) is 0 Å². The zero-order chi connectivity index (χ0) is 9.68. The van der Waals surface area contributed by atoms with Crippen LogP contribution in [0, 0.1) is 3.57 Å². The fourth-order valence-electron chi connectivity index (χ4n) is 1.02. The molecule has 1 rings (SSSR count). The Morgan fingerprint density at radius 3 is 2.46 bits per heavy atom. The Bertz CT molecular complexity index is 279. The van der Waals surface area contributed by atoms with Crippen LogP contribution >= 0.6 is 22.6 Å². The number of benzene rings is 1. The molecule has 0 aliphatic rings. The van der Waals surface area contributed by atoms with E-state index in [-0.39, 0.29) is 12.4 Å². The van der Waals surface area contributed by atoms with Crippen LogP contribution < -0.4 is 0 Å². The summed E-state index contributed by atoms with van der Waals surface area (Å²) < 4.78 is 1.12. The molecule has 0 amide bonds. The second-order valence-corrected chi connectivity index (χ2v) is 4.00. The minimum absolute atomic E-state index is 0.0795. The number of aliphatic hydroxyl groups is 1. The standard InChI is InChI=1S/C10H11IO2/c11-9-5-3-8(4-6-9)10(13)2-1-7-12/h3-6,12H,1-2,7H2. The van der Waals surface area contributed by atoms with Crippen LogP contribution in [0.1, 0.15) is 23.2 Å². The Morgan fingerprint density at radius 2 is 1.92 bits per heavy atom. The van der Waals surface area contributed by atoms with Crippen molar-refractivity contribution in [1.29, 1.82) is 0 Å². The molecule has 0 aliphatic heterocycles. The molecule has 0 spiro atoms. The molecule has 0 radical (unpaired) electrons. The van der Waals surface area contributed by atoms with Gasteiger partial charge in [0.05, 0.1) is 0 Å². The third-order valence-corrected chi connectivity index (χ3v) is 2.45. The number of halogens is 1. The lowest BCUT2D eigenvalue weighted by molar-refractivity contribution is 0.0971. The van der Waals surface area contributed by atoms with Crippen LogP contribution in [0.15, 0.2) is 24.3 Å². The first-order valence-corrected chi connectivity index (χ1v) is 5.21. The fourth-order valence-corrected chi connectivity index (χ4v) is 1.38. The fraction of sp³-hybridized carbons (Fsp3) is 0.300. The molecule has 3 heteroatoms. The molecule has 1 aromatic rings. The molecule has 1 aromatic carbocycles. The normalized spacial score (nSPS) is 10.0. The lowest BCUT2D eigenvalue weighted by atomic mass is 10.1. The summed E-state index contributed by atoms with van der Waals surface area (Å²) in [5.74, 6) is 0.102. The number of Topliss-reactive ketones (excluding diaryl/α,β-unsaturated/α-hetero) is 1. The van der Waals surface area contributed by atoms with Gasteiger partial charge in [0.1, 0.15) is 0 Å². The summed E-state index contributed by atoms with van der Waals surface area (Å²) >= 11 is 2.20. The maximum atomic E-state index is 11.4. The number of rotatable bonds is 4. The lowest BCUT2D eigenvalue weighted by Crippen LogP contribution is -1.99. The van der Waals surface area contributed by atoms with E-state index in [9.17, 15) is 4.79 Å². The van der Waals surface area contributed by atoms with E-state index in [1.807, 2.05) is 24.3 Å². The van der Waals surface area contributed by atoms with Gasteiger partial charge in [-0.15, -0.1) is 0 Å². The predicted octanol–water partition coefficient (Wildman–Crippen LogP) is 2.25. The van der Waals surface area contributed by atoms with Gasteiger partial charge in [-0.3, -0.25) is 4.79 Å². The Kier molecular flexibility index (Phi) is 4.38. The molecule has 0 unspecified atom stereocenters. The van der Waals surface area contributed by atoms with E-state index in [4.69, 9.17) is 5.11 Å². The molecule has 0 saturated carbocycles. The summed E-state index contributed by atoms with van der Waals surface area (Å²) in [6.45, 7) is 0.0795. The van der Waals surface area contributed by atoms with Crippen molar-refractivity contribution in [2.45, 2.75) is 12.8 Å². The summed E-state index contributed by atoms with van der Waals surface area (Å²) in [7, 11) is 0. The van der Waals surface area contributed by atoms with E-state index >= 15 is 0 Å². The lowest BCUT2D eigenvalue weighted by Gasteiger charge is -1.99. The first-order chi connectivity index (χ1) is 6.24. The molecule has 13 heavy (non-hydrogen) atoms. The molecule has 0 bridgehead atoms. The summed E-state index contributed by atoms with van der Waals surface area (Å²) in [6.07, 6.45) is 0.974. The zero-order valence-electron chi connectivity index (χ0n) is 7.16. The molecule has 0 fully saturated rings. The van der Waals surface area contributed by atoms with E-state index in [2.05, 4.69) is 22.6 Å². The number of hydrogen-bond acceptors (Lipinski definition) is 2. The summed E-state index contributed by atoms with van der Waals surface area (Å²) in [5, 5.41) is 8.55. The molecule has 70 valence electrons. The number of ketones is 1. The van der Waals surface area contributed by atoms with Crippen molar-refractivity contribution in [2.75, 3.05) is 6.61 Å². The molecule has 0 heterocycles. The molecule has 0 aromatic heterocycles. The second kappa shape index (κ2) is 5.34. The van der Waals surface area contributed by atoms with Gasteiger partial charge in [-0.1, -0.05) is 12.1 Å². The number of aliphatic hydroxyl groups excluding tert-OH is 1. The molecular weight excluding hydrogens is 279 g/mol. The minimum atomic E-state index is 0.0795. The Morgan fingerprint density at radius 1 is 1.31 bits per heavy atom. The van der Waals surface area contributed by atoms with Crippen molar-refractivity contribution >= 4 is 28.4 Å². The first-order valence-electron chi connectivity index (χ1n) is 4.13. The highest BCUT2D eigenvalue weighted by Gasteiger charge is 2.03. The number of hydrogen-bond donors (Lipinski definition) is 1. The quantitative estimate of drug-likeness (QED) is 0.682. The van der Waals surface area contributed by atoms with Crippen molar-refractivity contribution < 1.29 is 9.90 Å². The van der Waals surface area contributed by atoms with Gasteiger partial charge in [-0.05, 0) is 41.1 Å². The Balaban J connectivity index is 2.61. The van der Waals surface area contributed by atoms with Gasteiger partial charge in [0.25, 0.3) is 0 Å². The average Bonchev–Trinajstić information content (AvgIpc) is 2.15. The molecular formula is C10H11IO2. The zero-order valence-corrected chi connectivity index (χ0v) is 9.32. The molecule has 0 atom stereocenters. The van der Waals surface area contributed by atoms with Gasteiger partial charge >= 0.3 is 0 Å². The van der Waals surface area contributed by atoms with Crippen LogP contribution in [0.2, 0.25) is 0 Å². The first kappa shape index (κ1) is 10.7. The van der Waals surface area contributed by atoms with Crippen LogP contribution in [-0.4, -0.2) is 17.5 Å². The molecule has 1 N–H and O–H groups in total. The average molecular weight is 290 g/mol. The topological polar surface area (TPSA) is 37.3 Å². The highest BCUT2D eigenvalue weighted by molar-refractivity contribution is 14.1. The molecule has 0 saturated heterocycles. The number of carbonyl (C=O) groups excluding carboxylic acids is 1. The second-order valence-electron chi connectivity index (χ2n) is 2.76. The van der Waals surface area contributed by atoms with Crippen LogP contribution in [0.4, 0.5) is 0 Å². The van der Waals surface area contributed by atoms with Crippen molar-refractivity contribution in [1.82, 2.24) is 0 Å². The SMILES string of the molecule is O=C(CCCO)c1ccc(I)cc1. The minimum Gasteiger partial charge on any atom is -0.396 e. The summed E-state index contributed by atoms with van der Waals surface area (Å²) in [6, 6.07) is 7.46. The van der Waals surface area contributed by atoms with Crippen LogP contribution in [-0.2, 0) is 0 Å². The van der Waals surface area contributed by atoms with Gasteiger partial charge in [0.15, 0.2) is 5.78 Å². The smallest absolute Gasteiger partial charge is 0.162 e. The largest absolute Gasteiger partial charge is 0.396 e. The van der Waals surface area contributed by atoms with Crippen molar-refractivity contribution in [3.8, 4) is 0 Å². The summed E-state index contributed by atoms with van der Waals surface area (Å²) in [4.78, 5) is 11.4. The Hall–Kier alpha value is -0.420. The van der Waals surface area contributed by atoms with E-state index < -0.39 is 0 Å². The predicted molar refractivity (Wildman–Crippen MR) is 59.8 cm³/mol. The van der Waals surface area contributed by atoms with E-state index in [0.29, 0.717) is 12.8 Å². The maximum absolute atomic E-state index is 11.4. The van der Waals surface area contributed by atoms with Gasteiger partial charge < -0.3 is 5.11 Å². The summed E-state index contributed by atoms with van der Waals surface area (Å²) in [5.41, 5.74) is 0.730. The number of carbonyl (C=O) groups is 1. The van der Waals surface area contributed by atoms with Crippen LogP contribution in [0.5, 0.6) is 0 Å². The van der Waals surface area contributed by atoms with Gasteiger partial charge in [0.2, 0.25) is 0 Å². The van der Waals surface area contributed by atoms with Gasteiger partial charge in [-0.25, -0.2) is 0 Å².